The van der Waals surface area contributed by atoms with Crippen molar-refractivity contribution in [2.24, 2.45) is 5.73 Å². The molecular weight excluding hydrogens is 248 g/mol. The summed E-state index contributed by atoms with van der Waals surface area (Å²) >= 11 is 0. The summed E-state index contributed by atoms with van der Waals surface area (Å²) in [4.78, 5) is 0. The lowest BCUT2D eigenvalue weighted by atomic mass is 9.87. The molecule has 2 rings (SSSR count). The van der Waals surface area contributed by atoms with Crippen LogP contribution in [0.3, 0.4) is 0 Å². The highest BCUT2D eigenvalue weighted by atomic mass is 19.2. The van der Waals surface area contributed by atoms with Gasteiger partial charge in [0.1, 0.15) is 5.60 Å². The SMILES string of the molecule is NCC(O)(Cc1cccc(F)c1F)c1ccccc1. The standard InChI is InChI=1S/C15H15F2NO/c16-13-8-4-5-11(14(13)17)9-15(19,10-18)12-6-2-1-3-7-12/h1-8,19H,9-10,18H2. The highest BCUT2D eigenvalue weighted by Crippen LogP contribution is 2.26. The Kier molecular flexibility index (Phi) is 3.93. The van der Waals surface area contributed by atoms with Crippen LogP contribution >= 0.6 is 0 Å². The molecule has 0 amide bonds. The molecule has 0 aliphatic rings. The highest BCUT2D eigenvalue weighted by Gasteiger charge is 2.29. The van der Waals surface area contributed by atoms with Crippen molar-refractivity contribution in [3.05, 3.63) is 71.3 Å². The number of aliphatic hydroxyl groups is 1. The van der Waals surface area contributed by atoms with Crippen LogP contribution in [0.1, 0.15) is 11.1 Å². The van der Waals surface area contributed by atoms with E-state index in [-0.39, 0.29) is 18.5 Å². The van der Waals surface area contributed by atoms with Gasteiger partial charge in [0.2, 0.25) is 0 Å². The molecule has 0 saturated heterocycles. The zero-order valence-corrected chi connectivity index (χ0v) is 10.3. The molecule has 0 fully saturated rings. The second-order valence-corrected chi connectivity index (χ2v) is 4.49. The molecule has 4 heteroatoms. The summed E-state index contributed by atoms with van der Waals surface area (Å²) in [5, 5.41) is 10.5. The van der Waals surface area contributed by atoms with E-state index in [0.717, 1.165) is 6.07 Å². The Hall–Kier alpha value is -1.78. The van der Waals surface area contributed by atoms with E-state index in [1.807, 2.05) is 6.07 Å². The summed E-state index contributed by atoms with van der Waals surface area (Å²) in [6, 6.07) is 12.7. The third-order valence-electron chi connectivity index (χ3n) is 3.16. The quantitative estimate of drug-likeness (QED) is 0.889. The van der Waals surface area contributed by atoms with Gasteiger partial charge in [-0.2, -0.15) is 0 Å². The molecule has 0 spiro atoms. The van der Waals surface area contributed by atoms with Crippen LogP contribution in [0, 0.1) is 11.6 Å². The van der Waals surface area contributed by atoms with Gasteiger partial charge in [-0.05, 0) is 17.2 Å². The molecule has 0 aromatic heterocycles. The van der Waals surface area contributed by atoms with Gasteiger partial charge in [-0.25, -0.2) is 8.78 Å². The molecule has 3 N–H and O–H groups in total. The Morgan fingerprint density at radius 1 is 1.00 bits per heavy atom. The number of hydrogen-bond donors (Lipinski definition) is 2. The van der Waals surface area contributed by atoms with E-state index in [4.69, 9.17) is 5.73 Å². The van der Waals surface area contributed by atoms with Crippen molar-refractivity contribution in [2.45, 2.75) is 12.0 Å². The van der Waals surface area contributed by atoms with Crippen LogP contribution in [0.4, 0.5) is 8.78 Å². The van der Waals surface area contributed by atoms with E-state index >= 15 is 0 Å². The molecule has 2 nitrogen and oxygen atoms in total. The lowest BCUT2D eigenvalue weighted by molar-refractivity contribution is 0.0452. The molecule has 0 saturated carbocycles. The van der Waals surface area contributed by atoms with Crippen LogP contribution in [-0.4, -0.2) is 11.7 Å². The van der Waals surface area contributed by atoms with E-state index in [2.05, 4.69) is 0 Å². The Morgan fingerprint density at radius 3 is 2.32 bits per heavy atom. The van der Waals surface area contributed by atoms with Crippen LogP contribution < -0.4 is 5.73 Å². The monoisotopic (exact) mass is 263 g/mol. The normalized spacial score (nSPS) is 14.1. The largest absolute Gasteiger partial charge is 0.383 e. The minimum absolute atomic E-state index is 0.0723. The van der Waals surface area contributed by atoms with E-state index in [0.29, 0.717) is 5.56 Å². The van der Waals surface area contributed by atoms with E-state index < -0.39 is 17.2 Å². The molecule has 1 atom stereocenters. The zero-order valence-electron chi connectivity index (χ0n) is 10.3. The topological polar surface area (TPSA) is 46.2 Å². The van der Waals surface area contributed by atoms with Crippen molar-refractivity contribution in [2.75, 3.05) is 6.54 Å². The average Bonchev–Trinajstić information content (AvgIpc) is 2.45. The predicted octanol–water partition coefficient (Wildman–Crippen LogP) is 2.35. The third kappa shape index (κ3) is 2.80. The highest BCUT2D eigenvalue weighted by molar-refractivity contribution is 5.28. The first-order valence-corrected chi connectivity index (χ1v) is 5.98. The van der Waals surface area contributed by atoms with Crippen molar-refractivity contribution in [3.8, 4) is 0 Å². The minimum Gasteiger partial charge on any atom is -0.383 e. The van der Waals surface area contributed by atoms with Crippen LogP contribution in [-0.2, 0) is 12.0 Å². The maximum Gasteiger partial charge on any atom is 0.162 e. The smallest absolute Gasteiger partial charge is 0.162 e. The van der Waals surface area contributed by atoms with E-state index in [1.54, 1.807) is 24.3 Å². The van der Waals surface area contributed by atoms with E-state index in [9.17, 15) is 13.9 Å². The minimum atomic E-state index is -1.41. The van der Waals surface area contributed by atoms with Crippen LogP contribution in [0.15, 0.2) is 48.5 Å². The Morgan fingerprint density at radius 2 is 1.68 bits per heavy atom. The van der Waals surface area contributed by atoms with Crippen molar-refractivity contribution in [1.29, 1.82) is 0 Å². The van der Waals surface area contributed by atoms with Gasteiger partial charge in [0, 0.05) is 13.0 Å². The summed E-state index contributed by atoms with van der Waals surface area (Å²) in [6.45, 7) is -0.0764. The predicted molar refractivity (Wildman–Crippen MR) is 69.5 cm³/mol. The van der Waals surface area contributed by atoms with Gasteiger partial charge in [0.05, 0.1) is 0 Å². The van der Waals surface area contributed by atoms with Crippen LogP contribution in [0.25, 0.3) is 0 Å². The first-order chi connectivity index (χ1) is 9.07. The van der Waals surface area contributed by atoms with Gasteiger partial charge in [0.25, 0.3) is 0 Å². The first-order valence-electron chi connectivity index (χ1n) is 5.98. The Balaban J connectivity index is 2.36. The molecule has 0 bridgehead atoms. The van der Waals surface area contributed by atoms with Gasteiger partial charge in [-0.3, -0.25) is 0 Å². The van der Waals surface area contributed by atoms with Crippen molar-refractivity contribution >= 4 is 0 Å². The number of halogens is 2. The lowest BCUT2D eigenvalue weighted by Gasteiger charge is -2.27. The second-order valence-electron chi connectivity index (χ2n) is 4.49. The van der Waals surface area contributed by atoms with E-state index in [1.165, 1.54) is 12.1 Å². The molecule has 2 aromatic rings. The number of rotatable bonds is 4. The number of nitrogens with two attached hydrogens (primary N) is 1. The summed E-state index contributed by atoms with van der Waals surface area (Å²) in [6.07, 6.45) is -0.0723. The first kappa shape index (κ1) is 13.6. The fraction of sp³-hybridized carbons (Fsp3) is 0.200. The number of benzene rings is 2. The molecule has 1 unspecified atom stereocenters. The molecule has 0 aliphatic heterocycles. The summed E-state index contributed by atoms with van der Waals surface area (Å²) < 4.78 is 26.8. The van der Waals surface area contributed by atoms with Crippen molar-refractivity contribution in [1.82, 2.24) is 0 Å². The zero-order chi connectivity index (χ0) is 13.9. The van der Waals surface area contributed by atoms with Gasteiger partial charge in [-0.1, -0.05) is 42.5 Å². The fourth-order valence-corrected chi connectivity index (χ4v) is 2.04. The average molecular weight is 263 g/mol. The molecule has 0 heterocycles. The van der Waals surface area contributed by atoms with Gasteiger partial charge < -0.3 is 10.8 Å². The maximum absolute atomic E-state index is 13.7. The third-order valence-corrected chi connectivity index (χ3v) is 3.16. The summed E-state index contributed by atoms with van der Waals surface area (Å²) in [5.41, 5.74) is 4.89. The molecule has 0 aliphatic carbocycles. The summed E-state index contributed by atoms with van der Waals surface area (Å²) in [5.74, 6) is -1.87. The Bertz CT molecular complexity index is 559. The molecular formula is C15H15F2NO. The van der Waals surface area contributed by atoms with Crippen molar-refractivity contribution in [3.63, 3.8) is 0 Å². The molecule has 0 radical (unpaired) electrons. The van der Waals surface area contributed by atoms with Crippen LogP contribution in [0.5, 0.6) is 0 Å². The number of hydrogen-bond acceptors (Lipinski definition) is 2. The fourth-order valence-electron chi connectivity index (χ4n) is 2.04. The van der Waals surface area contributed by atoms with Gasteiger partial charge in [0.15, 0.2) is 11.6 Å². The van der Waals surface area contributed by atoms with Crippen molar-refractivity contribution < 1.29 is 13.9 Å². The van der Waals surface area contributed by atoms with Crippen LogP contribution in [0.2, 0.25) is 0 Å². The van der Waals surface area contributed by atoms with Gasteiger partial charge in [-0.15, -0.1) is 0 Å². The summed E-state index contributed by atoms with van der Waals surface area (Å²) in [7, 11) is 0. The van der Waals surface area contributed by atoms with Gasteiger partial charge >= 0.3 is 0 Å². The molecule has 2 aromatic carbocycles. The molecule has 19 heavy (non-hydrogen) atoms. The Labute approximate surface area is 110 Å². The lowest BCUT2D eigenvalue weighted by Crippen LogP contribution is -2.37. The second kappa shape index (κ2) is 5.47. The maximum atomic E-state index is 13.7. The molecule has 100 valence electrons.